The fourth-order valence-corrected chi connectivity index (χ4v) is 3.63. The molecule has 150 valence electrons. The number of hydrogen-bond acceptors (Lipinski definition) is 6. The van der Waals surface area contributed by atoms with Gasteiger partial charge >= 0.3 is 11.9 Å². The molecule has 1 heterocycles. The number of carbonyl (C=O) groups excluding carboxylic acids is 2. The van der Waals surface area contributed by atoms with E-state index in [1.54, 1.807) is 36.4 Å². The molecule has 0 saturated heterocycles. The summed E-state index contributed by atoms with van der Waals surface area (Å²) in [6.07, 6.45) is 1.55. The van der Waals surface area contributed by atoms with E-state index in [4.69, 9.17) is 37.4 Å². The molecule has 0 atom stereocenters. The Morgan fingerprint density at radius 1 is 1.28 bits per heavy atom. The standard InChI is InChI=1S/C20H14Cl2INO5/c1-3-27-17-8-11(6-15(23)18(17)28-10(2)25)7-16-20(26)29-19(24-16)13-9-12(21)4-5-14(13)22/h4-9H,3H2,1-2H3. The van der Waals surface area contributed by atoms with Crippen molar-refractivity contribution in [3.63, 3.8) is 0 Å². The SMILES string of the molecule is CCOc1cc(C=C2N=C(c3cc(Cl)ccc3Cl)OC2=O)cc(I)c1OC(C)=O. The van der Waals surface area contributed by atoms with Gasteiger partial charge in [-0.15, -0.1) is 0 Å². The highest BCUT2D eigenvalue weighted by atomic mass is 127. The Morgan fingerprint density at radius 2 is 2.03 bits per heavy atom. The molecule has 29 heavy (non-hydrogen) atoms. The summed E-state index contributed by atoms with van der Waals surface area (Å²) >= 11 is 14.2. The number of hydrogen-bond donors (Lipinski definition) is 0. The fraction of sp³-hybridized carbons (Fsp3) is 0.150. The number of cyclic esters (lactones) is 1. The van der Waals surface area contributed by atoms with Crippen LogP contribution in [0.25, 0.3) is 6.08 Å². The average molecular weight is 546 g/mol. The molecule has 0 radical (unpaired) electrons. The minimum Gasteiger partial charge on any atom is -0.490 e. The molecule has 9 heteroatoms. The maximum atomic E-state index is 12.3. The smallest absolute Gasteiger partial charge is 0.363 e. The summed E-state index contributed by atoms with van der Waals surface area (Å²) in [7, 11) is 0. The maximum absolute atomic E-state index is 12.3. The molecule has 0 spiro atoms. The molecule has 6 nitrogen and oxygen atoms in total. The summed E-state index contributed by atoms with van der Waals surface area (Å²) in [4.78, 5) is 27.9. The van der Waals surface area contributed by atoms with Crippen molar-refractivity contribution in [3.05, 3.63) is 60.8 Å². The van der Waals surface area contributed by atoms with Crippen molar-refractivity contribution in [1.29, 1.82) is 0 Å². The first-order valence-corrected chi connectivity index (χ1v) is 10.2. The van der Waals surface area contributed by atoms with E-state index in [9.17, 15) is 9.59 Å². The predicted octanol–water partition coefficient (Wildman–Crippen LogP) is 5.27. The van der Waals surface area contributed by atoms with Crippen LogP contribution in [0, 0.1) is 3.57 Å². The number of carbonyl (C=O) groups is 2. The van der Waals surface area contributed by atoms with E-state index in [0.29, 0.717) is 42.8 Å². The van der Waals surface area contributed by atoms with Gasteiger partial charge in [0, 0.05) is 11.9 Å². The van der Waals surface area contributed by atoms with Crippen LogP contribution in [0.4, 0.5) is 0 Å². The van der Waals surface area contributed by atoms with Gasteiger partial charge in [-0.3, -0.25) is 4.79 Å². The van der Waals surface area contributed by atoms with Crippen molar-refractivity contribution in [2.45, 2.75) is 13.8 Å². The Morgan fingerprint density at radius 3 is 2.72 bits per heavy atom. The van der Waals surface area contributed by atoms with E-state index >= 15 is 0 Å². The molecule has 0 saturated carbocycles. The summed E-state index contributed by atoms with van der Waals surface area (Å²) in [6, 6.07) is 8.19. The van der Waals surface area contributed by atoms with Crippen molar-refractivity contribution < 1.29 is 23.8 Å². The monoisotopic (exact) mass is 545 g/mol. The van der Waals surface area contributed by atoms with Crippen molar-refractivity contribution in [3.8, 4) is 11.5 Å². The van der Waals surface area contributed by atoms with Crippen LogP contribution in [0.3, 0.4) is 0 Å². The van der Waals surface area contributed by atoms with Crippen molar-refractivity contribution in [2.75, 3.05) is 6.61 Å². The zero-order chi connectivity index (χ0) is 21.1. The number of halogens is 3. The van der Waals surface area contributed by atoms with Crippen LogP contribution in [0.1, 0.15) is 25.0 Å². The van der Waals surface area contributed by atoms with E-state index in [0.717, 1.165) is 0 Å². The van der Waals surface area contributed by atoms with Crippen molar-refractivity contribution >= 4 is 69.7 Å². The van der Waals surface area contributed by atoms with Crippen molar-refractivity contribution in [2.24, 2.45) is 4.99 Å². The van der Waals surface area contributed by atoms with Gasteiger partial charge in [-0.25, -0.2) is 9.79 Å². The van der Waals surface area contributed by atoms with Crippen LogP contribution in [0.5, 0.6) is 11.5 Å². The number of aliphatic imine (C=N–C) groups is 1. The molecule has 3 rings (SSSR count). The van der Waals surface area contributed by atoms with E-state index in [-0.39, 0.29) is 11.6 Å². The van der Waals surface area contributed by atoms with Gasteiger partial charge in [0.2, 0.25) is 5.90 Å². The first kappa shape index (κ1) is 21.6. The predicted molar refractivity (Wildman–Crippen MR) is 119 cm³/mol. The van der Waals surface area contributed by atoms with Crippen LogP contribution in [-0.4, -0.2) is 24.4 Å². The topological polar surface area (TPSA) is 74.2 Å². The third kappa shape index (κ3) is 5.09. The molecule has 0 fully saturated rings. The molecule has 0 N–H and O–H groups in total. The molecule has 1 aliphatic rings. The van der Waals surface area contributed by atoms with Crippen LogP contribution >= 0.6 is 45.8 Å². The number of nitrogens with zero attached hydrogens (tertiary/aromatic N) is 1. The van der Waals surface area contributed by atoms with Crippen LogP contribution in [-0.2, 0) is 14.3 Å². The highest BCUT2D eigenvalue weighted by molar-refractivity contribution is 14.1. The minimum atomic E-state index is -0.618. The zero-order valence-electron chi connectivity index (χ0n) is 15.3. The first-order chi connectivity index (χ1) is 13.8. The Balaban J connectivity index is 2.01. The normalized spacial score (nSPS) is 14.6. The van der Waals surface area contributed by atoms with Crippen LogP contribution < -0.4 is 9.47 Å². The first-order valence-electron chi connectivity index (χ1n) is 8.41. The largest absolute Gasteiger partial charge is 0.490 e. The van der Waals surface area contributed by atoms with Crippen LogP contribution in [0.2, 0.25) is 10.0 Å². The summed E-state index contributed by atoms with van der Waals surface area (Å²) in [6.45, 7) is 3.50. The zero-order valence-corrected chi connectivity index (χ0v) is 19.0. The number of ether oxygens (including phenoxy) is 3. The van der Waals surface area contributed by atoms with E-state index in [1.807, 2.05) is 29.5 Å². The molecule has 0 bridgehead atoms. The molecule has 0 unspecified atom stereocenters. The lowest BCUT2D eigenvalue weighted by atomic mass is 10.1. The molecule has 1 aliphatic heterocycles. The Bertz CT molecular complexity index is 1070. The highest BCUT2D eigenvalue weighted by Crippen LogP contribution is 2.35. The second-order valence-corrected chi connectivity index (χ2v) is 7.82. The number of rotatable bonds is 5. The van der Waals surface area contributed by atoms with Gasteiger partial charge in [0.15, 0.2) is 17.2 Å². The maximum Gasteiger partial charge on any atom is 0.363 e. The van der Waals surface area contributed by atoms with Gasteiger partial charge in [-0.2, -0.15) is 0 Å². The average Bonchev–Trinajstić information content (AvgIpc) is 3.00. The molecule has 2 aromatic rings. The third-order valence-electron chi connectivity index (χ3n) is 3.66. The molecule has 2 aromatic carbocycles. The Labute approximate surface area is 190 Å². The van der Waals surface area contributed by atoms with Gasteiger partial charge in [0.1, 0.15) is 0 Å². The molecule has 0 aromatic heterocycles. The van der Waals surface area contributed by atoms with Gasteiger partial charge in [-0.05, 0) is 71.5 Å². The summed E-state index contributed by atoms with van der Waals surface area (Å²) in [5, 5.41) is 0.804. The van der Waals surface area contributed by atoms with Crippen molar-refractivity contribution in [1.82, 2.24) is 0 Å². The highest BCUT2D eigenvalue weighted by Gasteiger charge is 2.26. The minimum absolute atomic E-state index is 0.0741. The lowest BCUT2D eigenvalue weighted by Crippen LogP contribution is -2.06. The second kappa shape index (κ2) is 9.15. The van der Waals surface area contributed by atoms with E-state index in [2.05, 4.69) is 4.99 Å². The third-order valence-corrected chi connectivity index (χ3v) is 5.03. The quantitative estimate of drug-likeness (QED) is 0.221. The number of benzene rings is 2. The Kier molecular flexibility index (Phi) is 6.81. The summed E-state index contributed by atoms with van der Waals surface area (Å²) in [5.74, 6) is -0.291. The van der Waals surface area contributed by atoms with E-state index in [1.165, 1.54) is 6.92 Å². The molecular weight excluding hydrogens is 532 g/mol. The molecule has 0 amide bonds. The summed E-state index contributed by atoms with van der Waals surface area (Å²) in [5.41, 5.74) is 1.14. The van der Waals surface area contributed by atoms with Gasteiger partial charge in [-0.1, -0.05) is 23.2 Å². The summed E-state index contributed by atoms with van der Waals surface area (Å²) < 4.78 is 16.7. The molecular formula is C20H14Cl2INO5. The lowest BCUT2D eigenvalue weighted by Gasteiger charge is -2.12. The molecule has 0 aliphatic carbocycles. The van der Waals surface area contributed by atoms with Gasteiger partial charge < -0.3 is 14.2 Å². The number of esters is 2. The van der Waals surface area contributed by atoms with Gasteiger partial charge in [0.25, 0.3) is 0 Å². The second-order valence-electron chi connectivity index (χ2n) is 5.82. The Hall–Kier alpha value is -2.10. The van der Waals surface area contributed by atoms with Crippen LogP contribution in [0.15, 0.2) is 41.0 Å². The van der Waals surface area contributed by atoms with E-state index < -0.39 is 11.9 Å². The lowest BCUT2D eigenvalue weighted by molar-refractivity contribution is -0.132. The van der Waals surface area contributed by atoms with Gasteiger partial charge in [0.05, 0.1) is 20.8 Å². The fourth-order valence-electron chi connectivity index (χ4n) is 2.52.